The molecule has 2 aromatic carbocycles. The van der Waals surface area contributed by atoms with Crippen LogP contribution in [0.1, 0.15) is 76.3 Å². The molecule has 0 N–H and O–H groups in total. The Hall–Kier alpha value is -1.34. The molecule has 0 amide bonds. The summed E-state index contributed by atoms with van der Waals surface area (Å²) in [4.78, 5) is 0. The van der Waals surface area contributed by atoms with Crippen LogP contribution in [0.15, 0.2) is 54.4 Å². The average molecular weight is 557 g/mol. The van der Waals surface area contributed by atoms with Crippen LogP contribution in [0.3, 0.4) is 0 Å². The van der Waals surface area contributed by atoms with E-state index in [4.69, 9.17) is 9.47 Å². The average Bonchev–Trinajstić information content (AvgIpc) is 3.60. The summed E-state index contributed by atoms with van der Waals surface area (Å²) >= 11 is 7.09. The summed E-state index contributed by atoms with van der Waals surface area (Å²) < 4.78 is 15.6. The number of fused-ring (bicyclic) bond motifs is 1. The largest absolute Gasteiger partial charge is 0.492 e. The summed E-state index contributed by atoms with van der Waals surface area (Å²) in [6, 6.07) is 8.86. The fourth-order valence-corrected chi connectivity index (χ4v) is 7.48. The predicted octanol–water partition coefficient (Wildman–Crippen LogP) is 11.3. The van der Waals surface area contributed by atoms with Crippen LogP contribution < -0.4 is 9.47 Å². The van der Waals surface area contributed by atoms with Crippen LogP contribution in [0, 0.1) is 0 Å². The molecule has 0 saturated heterocycles. The van der Waals surface area contributed by atoms with Gasteiger partial charge in [0.05, 0.1) is 13.2 Å². The topological polar surface area (TPSA) is 18.5 Å². The Morgan fingerprint density at radius 1 is 0.556 bits per heavy atom. The maximum atomic E-state index is 6.52. The molecule has 2 aliphatic heterocycles. The zero-order valence-electron chi connectivity index (χ0n) is 21.3. The standard InChI is InChI=1S/C30H36O2S4/c1-3-5-7-9-15-31-29-23(21-27-33-17-18-34-27)11-14-26-25(29)13-12-24(22-28-35-19-20-36-28)30(26)32-16-10-8-6-4-2/h11-14,17-22H,3-10,15-16H2,1-2H3. The number of ether oxygens (including phenoxy) is 2. The third-order valence-electron chi connectivity index (χ3n) is 6.05. The van der Waals surface area contributed by atoms with E-state index in [2.05, 4.69) is 71.9 Å². The fraction of sp³-hybridized carbons (Fsp3) is 0.400. The molecule has 192 valence electrons. The second-order valence-corrected chi connectivity index (χ2v) is 13.1. The smallest absolute Gasteiger partial charge is 0.134 e. The number of hydrogen-bond donors (Lipinski definition) is 0. The van der Waals surface area contributed by atoms with Gasteiger partial charge in [0.25, 0.3) is 0 Å². The monoisotopic (exact) mass is 556 g/mol. The van der Waals surface area contributed by atoms with Crippen LogP contribution in [0.5, 0.6) is 11.5 Å². The Kier molecular flexibility index (Phi) is 11.7. The summed E-state index contributed by atoms with van der Waals surface area (Å²) in [7, 11) is 0. The van der Waals surface area contributed by atoms with Crippen molar-refractivity contribution in [1.29, 1.82) is 0 Å². The molecule has 4 rings (SSSR count). The van der Waals surface area contributed by atoms with E-state index in [0.717, 1.165) is 59.5 Å². The summed E-state index contributed by atoms with van der Waals surface area (Å²) in [5, 5.41) is 10.8. The van der Waals surface area contributed by atoms with Crippen LogP contribution in [0.25, 0.3) is 22.9 Å². The molecule has 36 heavy (non-hydrogen) atoms. The zero-order valence-corrected chi connectivity index (χ0v) is 24.6. The Morgan fingerprint density at radius 3 is 1.36 bits per heavy atom. The highest BCUT2D eigenvalue weighted by atomic mass is 32.2. The number of thioether (sulfide) groups is 4. The van der Waals surface area contributed by atoms with E-state index in [1.54, 1.807) is 47.0 Å². The molecule has 0 saturated carbocycles. The first kappa shape index (κ1) is 27.7. The number of unbranched alkanes of at least 4 members (excludes halogenated alkanes) is 6. The molecule has 2 aromatic rings. The molecule has 0 unspecified atom stereocenters. The van der Waals surface area contributed by atoms with Crippen molar-refractivity contribution in [2.24, 2.45) is 0 Å². The lowest BCUT2D eigenvalue weighted by atomic mass is 10.0. The van der Waals surface area contributed by atoms with E-state index in [1.807, 2.05) is 0 Å². The molecule has 0 atom stereocenters. The molecule has 0 radical (unpaired) electrons. The van der Waals surface area contributed by atoms with Crippen molar-refractivity contribution in [3.05, 3.63) is 65.5 Å². The molecule has 2 heterocycles. The zero-order chi connectivity index (χ0) is 25.0. The third kappa shape index (κ3) is 7.83. The quantitative estimate of drug-likeness (QED) is 0.214. The molecule has 0 bridgehead atoms. The first-order valence-corrected chi connectivity index (χ1v) is 16.6. The van der Waals surface area contributed by atoms with Crippen molar-refractivity contribution in [2.45, 2.75) is 65.2 Å². The summed E-state index contributed by atoms with van der Waals surface area (Å²) in [5.74, 6) is 1.96. The molecule has 2 nitrogen and oxygen atoms in total. The van der Waals surface area contributed by atoms with Crippen LogP contribution in [0.2, 0.25) is 0 Å². The van der Waals surface area contributed by atoms with Crippen molar-refractivity contribution < 1.29 is 9.47 Å². The second kappa shape index (κ2) is 15.2. The van der Waals surface area contributed by atoms with Gasteiger partial charge in [0.2, 0.25) is 0 Å². The predicted molar refractivity (Wildman–Crippen MR) is 168 cm³/mol. The maximum Gasteiger partial charge on any atom is 0.134 e. The van der Waals surface area contributed by atoms with E-state index >= 15 is 0 Å². The van der Waals surface area contributed by atoms with Crippen LogP contribution in [-0.2, 0) is 0 Å². The Bertz CT molecular complexity index is 1020. The lowest BCUT2D eigenvalue weighted by molar-refractivity contribution is 0.305. The Morgan fingerprint density at radius 2 is 0.972 bits per heavy atom. The molecule has 0 spiro atoms. The van der Waals surface area contributed by atoms with Gasteiger partial charge in [-0.2, -0.15) is 0 Å². The maximum absolute atomic E-state index is 6.52. The first-order valence-electron chi connectivity index (χ1n) is 13.1. The van der Waals surface area contributed by atoms with Gasteiger partial charge in [0.15, 0.2) is 0 Å². The highest BCUT2D eigenvalue weighted by molar-refractivity contribution is 8.28. The minimum absolute atomic E-state index is 0.742. The van der Waals surface area contributed by atoms with Gasteiger partial charge in [0, 0.05) is 30.4 Å². The highest BCUT2D eigenvalue weighted by Gasteiger charge is 2.16. The second-order valence-electron chi connectivity index (χ2n) is 8.82. The molecule has 0 fully saturated rings. The summed E-state index contributed by atoms with van der Waals surface area (Å²) in [6.07, 6.45) is 14.1. The van der Waals surface area contributed by atoms with Crippen LogP contribution in [-0.4, -0.2) is 13.2 Å². The van der Waals surface area contributed by atoms with Gasteiger partial charge in [-0.3, -0.25) is 0 Å². The number of rotatable bonds is 14. The van der Waals surface area contributed by atoms with E-state index in [1.165, 1.54) is 47.0 Å². The van der Waals surface area contributed by atoms with Gasteiger partial charge in [-0.05, 0) is 58.8 Å². The Labute approximate surface area is 233 Å². The molecule has 0 aromatic heterocycles. The summed E-state index contributed by atoms with van der Waals surface area (Å²) in [6.45, 7) is 5.98. The lowest BCUT2D eigenvalue weighted by Gasteiger charge is -2.18. The van der Waals surface area contributed by atoms with Gasteiger partial charge < -0.3 is 9.47 Å². The van der Waals surface area contributed by atoms with E-state index < -0.39 is 0 Å². The number of hydrogen-bond acceptors (Lipinski definition) is 6. The van der Waals surface area contributed by atoms with E-state index in [-0.39, 0.29) is 0 Å². The molecule has 6 heteroatoms. The molecular formula is C30H36O2S4. The van der Waals surface area contributed by atoms with Gasteiger partial charge in [-0.15, -0.1) is 0 Å². The minimum Gasteiger partial charge on any atom is -0.492 e. The SMILES string of the molecule is CCCCCCOc1c(C=C2SC=CS2)ccc2c(OCCCCCC)c(C=C3SC=CS3)ccc12. The van der Waals surface area contributed by atoms with Crippen molar-refractivity contribution in [3.63, 3.8) is 0 Å². The van der Waals surface area contributed by atoms with Gasteiger partial charge in [-0.1, -0.05) is 112 Å². The highest BCUT2D eigenvalue weighted by Crippen LogP contribution is 2.45. The summed E-state index contributed by atoms with van der Waals surface area (Å²) in [5.41, 5.74) is 2.28. The van der Waals surface area contributed by atoms with Gasteiger partial charge >= 0.3 is 0 Å². The molecular weight excluding hydrogens is 521 g/mol. The third-order valence-corrected chi connectivity index (χ3v) is 10.0. The van der Waals surface area contributed by atoms with E-state index in [0.29, 0.717) is 0 Å². The normalized spacial score (nSPS) is 14.7. The lowest BCUT2D eigenvalue weighted by Crippen LogP contribution is -2.02. The van der Waals surface area contributed by atoms with Crippen LogP contribution >= 0.6 is 47.0 Å². The minimum atomic E-state index is 0.742. The fourth-order valence-electron chi connectivity index (χ4n) is 4.16. The molecule has 0 aliphatic carbocycles. The van der Waals surface area contributed by atoms with E-state index in [9.17, 15) is 0 Å². The van der Waals surface area contributed by atoms with Crippen LogP contribution in [0.4, 0.5) is 0 Å². The Balaban J connectivity index is 1.69. The number of benzene rings is 2. The van der Waals surface area contributed by atoms with Gasteiger partial charge in [-0.25, -0.2) is 0 Å². The van der Waals surface area contributed by atoms with Crippen molar-refractivity contribution in [3.8, 4) is 11.5 Å². The van der Waals surface area contributed by atoms with Crippen molar-refractivity contribution >= 4 is 70.0 Å². The van der Waals surface area contributed by atoms with Crippen molar-refractivity contribution in [2.75, 3.05) is 13.2 Å². The van der Waals surface area contributed by atoms with Gasteiger partial charge in [0.1, 0.15) is 11.5 Å². The first-order chi connectivity index (χ1) is 17.8. The molecule has 2 aliphatic rings. The van der Waals surface area contributed by atoms with Crippen molar-refractivity contribution in [1.82, 2.24) is 0 Å².